The fourth-order valence-electron chi connectivity index (χ4n) is 1.58. The molecule has 0 unspecified atom stereocenters. The summed E-state index contributed by atoms with van der Waals surface area (Å²) in [6.45, 7) is 4.29. The highest BCUT2D eigenvalue weighted by Gasteiger charge is 2.15. The lowest BCUT2D eigenvalue weighted by molar-refractivity contribution is -0.137. The third-order valence-electron chi connectivity index (χ3n) is 2.39. The summed E-state index contributed by atoms with van der Waals surface area (Å²) in [4.78, 5) is 27.9. The van der Waals surface area contributed by atoms with Crippen molar-refractivity contribution in [1.29, 1.82) is 0 Å². The molecule has 110 valence electrons. The summed E-state index contributed by atoms with van der Waals surface area (Å²) in [5.74, 6) is -0.570. The number of aromatic nitrogens is 1. The first kappa shape index (κ1) is 15.7. The zero-order valence-electron chi connectivity index (χ0n) is 11.6. The molecule has 2 amide bonds. The number of carbonyl (C=O) groups excluding carboxylic acids is 1. The van der Waals surface area contributed by atoms with Crippen LogP contribution < -0.4 is 10.1 Å². The predicted molar refractivity (Wildman–Crippen MR) is 73.9 cm³/mol. The SMILES string of the molecule is CCCN(CC(=O)O)C(=O)Nc1ccc(OCC)nc1. The minimum atomic E-state index is -1.04. The zero-order chi connectivity index (χ0) is 15.0. The van der Waals surface area contributed by atoms with E-state index in [9.17, 15) is 9.59 Å². The van der Waals surface area contributed by atoms with E-state index in [1.165, 1.54) is 11.1 Å². The van der Waals surface area contributed by atoms with Gasteiger partial charge in [0.05, 0.1) is 18.5 Å². The van der Waals surface area contributed by atoms with E-state index < -0.39 is 12.0 Å². The first-order valence-corrected chi connectivity index (χ1v) is 6.43. The molecule has 1 heterocycles. The van der Waals surface area contributed by atoms with Crippen molar-refractivity contribution in [2.45, 2.75) is 20.3 Å². The van der Waals surface area contributed by atoms with Crippen LogP contribution in [0.1, 0.15) is 20.3 Å². The van der Waals surface area contributed by atoms with Gasteiger partial charge in [-0.2, -0.15) is 0 Å². The third-order valence-corrected chi connectivity index (χ3v) is 2.39. The van der Waals surface area contributed by atoms with Crippen LogP contribution in [0.15, 0.2) is 18.3 Å². The fraction of sp³-hybridized carbons (Fsp3) is 0.462. The van der Waals surface area contributed by atoms with E-state index in [0.717, 1.165) is 0 Å². The number of carboxylic acids is 1. The Bertz CT molecular complexity index is 447. The number of carbonyl (C=O) groups is 2. The number of nitrogens with one attached hydrogen (secondary N) is 1. The molecule has 7 nitrogen and oxygen atoms in total. The van der Waals surface area contributed by atoms with Crippen molar-refractivity contribution < 1.29 is 19.4 Å². The van der Waals surface area contributed by atoms with E-state index in [4.69, 9.17) is 9.84 Å². The molecule has 20 heavy (non-hydrogen) atoms. The average molecular weight is 281 g/mol. The number of hydrogen-bond donors (Lipinski definition) is 2. The number of ether oxygens (including phenoxy) is 1. The molecule has 0 aliphatic rings. The van der Waals surface area contributed by atoms with Crippen molar-refractivity contribution in [1.82, 2.24) is 9.88 Å². The average Bonchev–Trinajstić information content (AvgIpc) is 2.40. The van der Waals surface area contributed by atoms with Gasteiger partial charge in [0.1, 0.15) is 6.54 Å². The van der Waals surface area contributed by atoms with Crippen LogP contribution >= 0.6 is 0 Å². The monoisotopic (exact) mass is 281 g/mol. The molecule has 0 aliphatic heterocycles. The van der Waals surface area contributed by atoms with Crippen molar-refractivity contribution in [3.63, 3.8) is 0 Å². The number of urea groups is 1. The Hall–Kier alpha value is -2.31. The zero-order valence-corrected chi connectivity index (χ0v) is 11.6. The van der Waals surface area contributed by atoms with Crippen molar-refractivity contribution in [3.8, 4) is 5.88 Å². The van der Waals surface area contributed by atoms with Crippen molar-refractivity contribution in [2.24, 2.45) is 0 Å². The van der Waals surface area contributed by atoms with E-state index >= 15 is 0 Å². The fourth-order valence-corrected chi connectivity index (χ4v) is 1.58. The molecule has 1 rings (SSSR count). The molecule has 0 atom stereocenters. The van der Waals surface area contributed by atoms with Crippen LogP contribution in [0.4, 0.5) is 10.5 Å². The van der Waals surface area contributed by atoms with Crippen molar-refractivity contribution in [3.05, 3.63) is 18.3 Å². The van der Waals surface area contributed by atoms with Gasteiger partial charge in [0.25, 0.3) is 0 Å². The lowest BCUT2D eigenvalue weighted by Crippen LogP contribution is -2.39. The Labute approximate surface area is 117 Å². The van der Waals surface area contributed by atoms with E-state index in [0.29, 0.717) is 31.1 Å². The number of aliphatic carboxylic acids is 1. The van der Waals surface area contributed by atoms with Gasteiger partial charge < -0.3 is 20.1 Å². The van der Waals surface area contributed by atoms with Gasteiger partial charge >= 0.3 is 12.0 Å². The molecule has 1 aromatic heterocycles. The summed E-state index contributed by atoms with van der Waals surface area (Å²) in [6, 6.07) is 2.83. The molecule has 7 heteroatoms. The third kappa shape index (κ3) is 5.13. The number of carboxylic acid groups (broad SMARTS) is 1. The van der Waals surface area contributed by atoms with Gasteiger partial charge in [-0.15, -0.1) is 0 Å². The number of pyridine rings is 1. The Morgan fingerprint density at radius 2 is 2.15 bits per heavy atom. The molecule has 0 aromatic carbocycles. The van der Waals surface area contributed by atoms with Crippen LogP contribution in [0.3, 0.4) is 0 Å². The molecule has 0 aliphatic carbocycles. The molecular weight excluding hydrogens is 262 g/mol. The summed E-state index contributed by atoms with van der Waals surface area (Å²) in [5.41, 5.74) is 0.491. The first-order valence-electron chi connectivity index (χ1n) is 6.43. The van der Waals surface area contributed by atoms with E-state index in [-0.39, 0.29) is 6.54 Å². The summed E-state index contributed by atoms with van der Waals surface area (Å²) in [7, 11) is 0. The van der Waals surface area contributed by atoms with Gasteiger partial charge in [0, 0.05) is 12.6 Å². The molecule has 0 bridgehead atoms. The predicted octanol–water partition coefficient (Wildman–Crippen LogP) is 1.81. The molecular formula is C13H19N3O4. The van der Waals surface area contributed by atoms with Gasteiger partial charge in [0.15, 0.2) is 0 Å². The van der Waals surface area contributed by atoms with Crippen LogP contribution in [-0.2, 0) is 4.79 Å². The quantitative estimate of drug-likeness (QED) is 0.795. The van der Waals surface area contributed by atoms with Crippen LogP contribution in [0.5, 0.6) is 5.88 Å². The maximum Gasteiger partial charge on any atom is 0.323 e. The Morgan fingerprint density at radius 1 is 1.40 bits per heavy atom. The Morgan fingerprint density at radius 3 is 2.65 bits per heavy atom. The summed E-state index contributed by atoms with van der Waals surface area (Å²) in [5, 5.41) is 11.4. The van der Waals surface area contributed by atoms with Gasteiger partial charge in [-0.25, -0.2) is 9.78 Å². The first-order chi connectivity index (χ1) is 9.56. The highest BCUT2D eigenvalue weighted by atomic mass is 16.5. The molecule has 0 radical (unpaired) electrons. The van der Waals surface area contributed by atoms with Crippen LogP contribution in [-0.4, -0.2) is 46.7 Å². The molecule has 0 saturated heterocycles. The van der Waals surface area contributed by atoms with Crippen molar-refractivity contribution in [2.75, 3.05) is 25.0 Å². The summed E-state index contributed by atoms with van der Waals surface area (Å²) in [6.07, 6.45) is 2.15. The lowest BCUT2D eigenvalue weighted by Gasteiger charge is -2.20. The maximum atomic E-state index is 11.9. The second kappa shape index (κ2) is 7.98. The van der Waals surface area contributed by atoms with Gasteiger partial charge in [-0.3, -0.25) is 4.79 Å². The highest BCUT2D eigenvalue weighted by molar-refractivity contribution is 5.91. The van der Waals surface area contributed by atoms with E-state index in [1.807, 2.05) is 13.8 Å². The van der Waals surface area contributed by atoms with Gasteiger partial charge in [-0.05, 0) is 19.4 Å². The summed E-state index contributed by atoms with van der Waals surface area (Å²) < 4.78 is 5.19. The Balaban J connectivity index is 2.64. The normalized spacial score (nSPS) is 9.90. The maximum absolute atomic E-state index is 11.9. The van der Waals surface area contributed by atoms with Crippen LogP contribution in [0.25, 0.3) is 0 Å². The standard InChI is InChI=1S/C13H19N3O4/c1-3-7-16(9-12(17)18)13(19)15-10-5-6-11(14-8-10)20-4-2/h5-6,8H,3-4,7,9H2,1-2H3,(H,15,19)(H,17,18). The number of rotatable bonds is 7. The lowest BCUT2D eigenvalue weighted by atomic mass is 10.4. The smallest absolute Gasteiger partial charge is 0.323 e. The largest absolute Gasteiger partial charge is 0.480 e. The van der Waals surface area contributed by atoms with Crippen LogP contribution in [0.2, 0.25) is 0 Å². The number of nitrogens with zero attached hydrogens (tertiary/aromatic N) is 2. The van der Waals surface area contributed by atoms with E-state index in [1.54, 1.807) is 12.1 Å². The highest BCUT2D eigenvalue weighted by Crippen LogP contribution is 2.12. The Kier molecular flexibility index (Phi) is 6.28. The molecule has 0 saturated carbocycles. The summed E-state index contributed by atoms with van der Waals surface area (Å²) >= 11 is 0. The molecule has 1 aromatic rings. The molecule has 2 N–H and O–H groups in total. The molecule has 0 spiro atoms. The second-order valence-electron chi connectivity index (χ2n) is 4.06. The minimum Gasteiger partial charge on any atom is -0.480 e. The number of anilines is 1. The van der Waals surface area contributed by atoms with Gasteiger partial charge in [-0.1, -0.05) is 6.92 Å². The van der Waals surface area contributed by atoms with Crippen molar-refractivity contribution >= 4 is 17.7 Å². The number of amides is 2. The van der Waals surface area contributed by atoms with E-state index in [2.05, 4.69) is 10.3 Å². The number of hydrogen-bond acceptors (Lipinski definition) is 4. The second-order valence-corrected chi connectivity index (χ2v) is 4.06. The minimum absolute atomic E-state index is 0.329. The molecule has 0 fully saturated rings. The van der Waals surface area contributed by atoms with Crippen LogP contribution in [0, 0.1) is 0 Å². The topological polar surface area (TPSA) is 91.8 Å². The van der Waals surface area contributed by atoms with Gasteiger partial charge in [0.2, 0.25) is 5.88 Å².